The summed E-state index contributed by atoms with van der Waals surface area (Å²) in [6.07, 6.45) is 7.87. The van der Waals surface area contributed by atoms with Crippen LogP contribution in [0.2, 0.25) is 0 Å². The van der Waals surface area contributed by atoms with E-state index in [2.05, 4.69) is 10.2 Å². The van der Waals surface area contributed by atoms with Gasteiger partial charge in [0, 0.05) is 12.1 Å². The lowest BCUT2D eigenvalue weighted by atomic mass is 9.53. The summed E-state index contributed by atoms with van der Waals surface area (Å²) in [5.41, 5.74) is 0.323. The fraction of sp³-hybridized carbons (Fsp3) is 1.00. The third-order valence-corrected chi connectivity index (χ3v) is 8.05. The Morgan fingerprint density at radius 1 is 1.17 bits per heavy atom. The summed E-state index contributed by atoms with van der Waals surface area (Å²) in [4.78, 5) is 0. The van der Waals surface area contributed by atoms with Gasteiger partial charge in [-0.1, -0.05) is 6.92 Å². The Balaban J connectivity index is 1.77. The van der Waals surface area contributed by atoms with Crippen LogP contribution in [0.15, 0.2) is 0 Å². The van der Waals surface area contributed by atoms with Crippen LogP contribution in [0.3, 0.4) is 0 Å². The fourth-order valence-corrected chi connectivity index (χ4v) is 7.20. The van der Waals surface area contributed by atoms with E-state index in [-0.39, 0.29) is 11.2 Å². The second-order valence-electron chi connectivity index (χ2n) is 6.68. The highest BCUT2D eigenvalue weighted by atomic mass is 35.5. The molecule has 2 N–H and O–H groups in total. The second kappa shape index (κ2) is 4.77. The van der Waals surface area contributed by atoms with Crippen LogP contribution >= 0.6 is 19.0 Å². The largest absolute Gasteiger partial charge is 0.288 e. The van der Waals surface area contributed by atoms with Crippen LogP contribution < -0.4 is 10.2 Å². The van der Waals surface area contributed by atoms with E-state index < -0.39 is 7.44 Å². The van der Waals surface area contributed by atoms with E-state index in [4.69, 9.17) is 11.6 Å². The average Bonchev–Trinajstić information content (AvgIpc) is 2.26. The first-order chi connectivity index (χ1) is 8.56. The lowest BCUT2D eigenvalue weighted by Gasteiger charge is -2.57. The van der Waals surface area contributed by atoms with Crippen molar-refractivity contribution < 1.29 is 4.57 Å². The first kappa shape index (κ1) is 13.4. The van der Waals surface area contributed by atoms with Crippen LogP contribution in [-0.2, 0) is 4.57 Å². The Hall–Kier alpha value is 0.440. The van der Waals surface area contributed by atoms with Crippen molar-refractivity contribution in [3.05, 3.63) is 0 Å². The highest BCUT2D eigenvalue weighted by molar-refractivity contribution is 7.61. The SMILES string of the molecule is CCNP(=O)(CCl)NC12CC3CC(CC(C3)C1)C2. The number of nitrogens with one attached hydrogen (secondary N) is 2. The Labute approximate surface area is 115 Å². The molecule has 1 unspecified atom stereocenters. The Bertz CT molecular complexity index is 339. The maximum Gasteiger partial charge on any atom is 0.226 e. The summed E-state index contributed by atoms with van der Waals surface area (Å²) in [6, 6.07) is 0. The van der Waals surface area contributed by atoms with Gasteiger partial charge in [0.25, 0.3) is 0 Å². The third kappa shape index (κ3) is 2.40. The fourth-order valence-electron chi connectivity index (χ4n) is 5.00. The monoisotopic (exact) mass is 290 g/mol. The minimum absolute atomic E-state index is 0.126. The summed E-state index contributed by atoms with van der Waals surface area (Å²) in [6.45, 7) is 2.70. The van der Waals surface area contributed by atoms with Gasteiger partial charge in [-0.05, 0) is 56.3 Å². The molecule has 5 heteroatoms. The molecule has 0 aromatic rings. The lowest BCUT2D eigenvalue weighted by Crippen LogP contribution is -2.58. The topological polar surface area (TPSA) is 41.1 Å². The maximum absolute atomic E-state index is 12.7. The standard InChI is InChI=1S/C13H24ClN2OP/c1-2-15-18(17,9-14)16-13-6-10-3-11(7-13)5-12(4-10)8-13/h10-12H,2-9H2,1H3,(H2,15,16,17). The smallest absolute Gasteiger partial charge is 0.226 e. The molecule has 0 aliphatic heterocycles. The molecule has 0 saturated heterocycles. The Morgan fingerprint density at radius 2 is 1.67 bits per heavy atom. The first-order valence-electron chi connectivity index (χ1n) is 7.26. The molecule has 1 atom stereocenters. The molecule has 0 aromatic heterocycles. The summed E-state index contributed by atoms with van der Waals surface area (Å²) in [5.74, 6) is 2.61. The van der Waals surface area contributed by atoms with Gasteiger partial charge >= 0.3 is 0 Å². The van der Waals surface area contributed by atoms with Crippen molar-refractivity contribution >= 4 is 19.0 Å². The minimum atomic E-state index is -2.58. The zero-order chi connectivity index (χ0) is 12.8. The molecule has 4 aliphatic carbocycles. The van der Waals surface area contributed by atoms with E-state index in [1.54, 1.807) is 0 Å². The van der Waals surface area contributed by atoms with Gasteiger partial charge in [-0.25, -0.2) is 5.09 Å². The van der Waals surface area contributed by atoms with E-state index in [0.717, 1.165) is 17.8 Å². The van der Waals surface area contributed by atoms with Crippen LogP contribution in [-0.4, -0.2) is 17.7 Å². The molecule has 4 rings (SSSR count). The van der Waals surface area contributed by atoms with Gasteiger partial charge < -0.3 is 0 Å². The van der Waals surface area contributed by atoms with E-state index in [0.29, 0.717) is 6.54 Å². The number of hydrogen-bond donors (Lipinski definition) is 2. The van der Waals surface area contributed by atoms with Crippen molar-refractivity contribution in [1.82, 2.24) is 10.2 Å². The zero-order valence-corrected chi connectivity index (χ0v) is 12.8. The first-order valence-corrected chi connectivity index (χ1v) is 9.69. The van der Waals surface area contributed by atoms with Gasteiger partial charge in [0.15, 0.2) is 0 Å². The maximum atomic E-state index is 12.7. The molecule has 4 fully saturated rings. The molecular formula is C13H24ClN2OP. The van der Waals surface area contributed by atoms with Gasteiger partial charge in [0.05, 0.1) is 0 Å². The molecule has 3 nitrogen and oxygen atoms in total. The van der Waals surface area contributed by atoms with Crippen molar-refractivity contribution in [2.24, 2.45) is 17.8 Å². The normalized spacial score (nSPS) is 45.1. The van der Waals surface area contributed by atoms with E-state index in [1.807, 2.05) is 6.92 Å². The van der Waals surface area contributed by atoms with E-state index in [9.17, 15) is 4.57 Å². The van der Waals surface area contributed by atoms with E-state index in [1.165, 1.54) is 38.5 Å². The zero-order valence-electron chi connectivity index (χ0n) is 11.1. The van der Waals surface area contributed by atoms with Crippen LogP contribution in [0.25, 0.3) is 0 Å². The quantitative estimate of drug-likeness (QED) is 0.601. The minimum Gasteiger partial charge on any atom is -0.288 e. The van der Waals surface area contributed by atoms with Crippen molar-refractivity contribution in [2.75, 3.05) is 12.2 Å². The van der Waals surface area contributed by atoms with Gasteiger partial charge in [0.1, 0.15) is 5.62 Å². The molecule has 0 aromatic carbocycles. The molecule has 4 aliphatic rings. The second-order valence-corrected chi connectivity index (χ2v) is 9.66. The number of halogens is 1. The van der Waals surface area contributed by atoms with Crippen molar-refractivity contribution in [3.63, 3.8) is 0 Å². The summed E-state index contributed by atoms with van der Waals surface area (Å²) < 4.78 is 12.7. The third-order valence-electron chi connectivity index (χ3n) is 5.04. The summed E-state index contributed by atoms with van der Waals surface area (Å²) in [7, 11) is -2.58. The number of alkyl halides is 1. The van der Waals surface area contributed by atoms with Gasteiger partial charge in [-0.3, -0.25) is 9.65 Å². The summed E-state index contributed by atoms with van der Waals surface area (Å²) >= 11 is 5.94. The number of rotatable bonds is 5. The molecular weight excluding hydrogens is 267 g/mol. The Kier molecular flexibility index (Phi) is 3.56. The molecule has 4 saturated carbocycles. The van der Waals surface area contributed by atoms with Crippen molar-refractivity contribution in [3.8, 4) is 0 Å². The predicted octanol–water partition coefficient (Wildman–Crippen LogP) is 3.54. The lowest BCUT2D eigenvalue weighted by molar-refractivity contribution is -0.00861. The van der Waals surface area contributed by atoms with Gasteiger partial charge in [0.2, 0.25) is 7.44 Å². The molecule has 0 heterocycles. The van der Waals surface area contributed by atoms with Crippen molar-refractivity contribution in [1.29, 1.82) is 0 Å². The molecule has 104 valence electrons. The molecule has 0 spiro atoms. The average molecular weight is 291 g/mol. The van der Waals surface area contributed by atoms with Gasteiger partial charge in [-0.15, -0.1) is 11.6 Å². The Morgan fingerprint density at radius 3 is 2.06 bits per heavy atom. The molecule has 0 radical (unpaired) electrons. The van der Waals surface area contributed by atoms with Crippen LogP contribution in [0.4, 0.5) is 0 Å². The number of hydrogen-bond acceptors (Lipinski definition) is 1. The molecule has 0 amide bonds. The predicted molar refractivity (Wildman–Crippen MR) is 76.0 cm³/mol. The van der Waals surface area contributed by atoms with Gasteiger partial charge in [-0.2, -0.15) is 0 Å². The highest BCUT2D eigenvalue weighted by Gasteiger charge is 2.52. The highest BCUT2D eigenvalue weighted by Crippen LogP contribution is 2.58. The molecule has 18 heavy (non-hydrogen) atoms. The van der Waals surface area contributed by atoms with Crippen LogP contribution in [0.1, 0.15) is 45.4 Å². The van der Waals surface area contributed by atoms with Crippen LogP contribution in [0.5, 0.6) is 0 Å². The van der Waals surface area contributed by atoms with Crippen molar-refractivity contribution in [2.45, 2.75) is 51.0 Å². The van der Waals surface area contributed by atoms with Crippen LogP contribution in [0, 0.1) is 17.8 Å². The van der Waals surface area contributed by atoms with E-state index >= 15 is 0 Å². The summed E-state index contributed by atoms with van der Waals surface area (Å²) in [5, 5.41) is 6.60. The molecule has 4 bridgehead atoms.